The number of alkyl halides is 1. The molecule has 0 radical (unpaired) electrons. The van der Waals surface area contributed by atoms with Gasteiger partial charge in [-0.3, -0.25) is 0 Å². The van der Waals surface area contributed by atoms with Gasteiger partial charge in [0.05, 0.1) is 0 Å². The molecule has 0 N–H and O–H groups in total. The van der Waals surface area contributed by atoms with Crippen molar-refractivity contribution in [2.45, 2.75) is 6.42 Å². The number of halogens is 2. The lowest BCUT2D eigenvalue weighted by atomic mass is 10.2. The van der Waals surface area contributed by atoms with E-state index in [0.717, 1.165) is 21.9 Å². The van der Waals surface area contributed by atoms with Crippen molar-refractivity contribution in [3.05, 3.63) is 34.6 Å². The largest absolute Gasteiger partial charge is 0.249 e. The predicted octanol–water partition coefficient (Wildman–Crippen LogP) is 3.64. The summed E-state index contributed by atoms with van der Waals surface area (Å²) in [6, 6.07) is 3.97. The highest BCUT2D eigenvalue weighted by molar-refractivity contribution is 9.10. The van der Waals surface area contributed by atoms with E-state index in [1.165, 1.54) is 0 Å². The summed E-state index contributed by atoms with van der Waals surface area (Å²) in [5.41, 5.74) is 1.14. The maximum Gasteiger partial charge on any atom is 0.106 e. The van der Waals surface area contributed by atoms with Gasteiger partial charge in [-0.2, -0.15) is 0 Å². The molecule has 64 valence electrons. The lowest BCUT2D eigenvalue weighted by Gasteiger charge is -1.91. The number of rotatable bonds is 3. The Morgan fingerprint density at radius 3 is 2.83 bits per heavy atom. The lowest BCUT2D eigenvalue weighted by Crippen LogP contribution is -1.76. The fourth-order valence-corrected chi connectivity index (χ4v) is 1.27. The van der Waals surface area contributed by atoms with Crippen LogP contribution in [0.25, 0.3) is 6.08 Å². The first-order valence-corrected chi connectivity index (χ1v) is 5.58. The van der Waals surface area contributed by atoms with E-state index in [4.69, 9.17) is 0 Å². The number of hydrogen-bond acceptors (Lipinski definition) is 1. The van der Waals surface area contributed by atoms with Gasteiger partial charge in [-0.15, -0.1) is 0 Å². The highest BCUT2D eigenvalue weighted by atomic mass is 79.9. The quantitative estimate of drug-likeness (QED) is 0.612. The molecule has 1 aromatic heterocycles. The minimum atomic E-state index is 0.875. The van der Waals surface area contributed by atoms with Crippen LogP contribution in [-0.4, -0.2) is 10.3 Å². The van der Waals surface area contributed by atoms with Gasteiger partial charge < -0.3 is 0 Å². The number of hydrogen-bond donors (Lipinski definition) is 0. The van der Waals surface area contributed by atoms with Crippen LogP contribution in [0.1, 0.15) is 12.0 Å². The van der Waals surface area contributed by atoms with Gasteiger partial charge in [-0.25, -0.2) is 4.98 Å². The van der Waals surface area contributed by atoms with Crippen molar-refractivity contribution in [2.24, 2.45) is 0 Å². The summed E-state index contributed by atoms with van der Waals surface area (Å²) in [7, 11) is 0. The van der Waals surface area contributed by atoms with Gasteiger partial charge in [-0.1, -0.05) is 34.1 Å². The predicted molar refractivity (Wildman–Crippen MR) is 59.4 cm³/mol. The van der Waals surface area contributed by atoms with Crippen LogP contribution < -0.4 is 0 Å². The summed E-state index contributed by atoms with van der Waals surface area (Å²) in [4.78, 5) is 4.11. The molecule has 0 fully saturated rings. The Labute approximate surface area is 89.2 Å². The molecule has 0 saturated heterocycles. The van der Waals surface area contributed by atoms with Crippen LogP contribution in [0.4, 0.5) is 0 Å². The van der Waals surface area contributed by atoms with Crippen molar-refractivity contribution in [2.75, 3.05) is 5.33 Å². The smallest absolute Gasteiger partial charge is 0.106 e. The van der Waals surface area contributed by atoms with Crippen LogP contribution in [0.2, 0.25) is 0 Å². The molecule has 0 saturated carbocycles. The average molecular weight is 291 g/mol. The Balaban J connectivity index is 2.58. The zero-order valence-corrected chi connectivity index (χ0v) is 9.68. The van der Waals surface area contributed by atoms with E-state index in [2.05, 4.69) is 49.0 Å². The van der Waals surface area contributed by atoms with E-state index < -0.39 is 0 Å². The second-order valence-electron chi connectivity index (χ2n) is 2.29. The fraction of sp³-hybridized carbons (Fsp3) is 0.222. The van der Waals surface area contributed by atoms with E-state index in [-0.39, 0.29) is 0 Å². The zero-order valence-electron chi connectivity index (χ0n) is 6.50. The van der Waals surface area contributed by atoms with Crippen LogP contribution in [-0.2, 0) is 0 Å². The van der Waals surface area contributed by atoms with E-state index >= 15 is 0 Å². The maximum atomic E-state index is 4.11. The third kappa shape index (κ3) is 3.50. The topological polar surface area (TPSA) is 12.9 Å². The van der Waals surface area contributed by atoms with Crippen molar-refractivity contribution in [3.63, 3.8) is 0 Å². The summed E-state index contributed by atoms with van der Waals surface area (Å²) >= 11 is 6.64. The summed E-state index contributed by atoms with van der Waals surface area (Å²) in [5.74, 6) is 0. The van der Waals surface area contributed by atoms with Gasteiger partial charge in [0.15, 0.2) is 0 Å². The molecule has 0 bridgehead atoms. The molecular weight excluding hydrogens is 282 g/mol. The first-order valence-electron chi connectivity index (χ1n) is 3.67. The van der Waals surface area contributed by atoms with Crippen molar-refractivity contribution in [1.29, 1.82) is 0 Å². The first-order chi connectivity index (χ1) is 5.83. The monoisotopic (exact) mass is 289 g/mol. The Hall–Kier alpha value is -0.150. The molecule has 1 aromatic rings. The van der Waals surface area contributed by atoms with Crippen molar-refractivity contribution < 1.29 is 0 Å². The maximum absolute atomic E-state index is 4.11. The highest BCUT2D eigenvalue weighted by Gasteiger charge is 1.87. The molecule has 0 aliphatic carbocycles. The van der Waals surface area contributed by atoms with E-state index in [0.29, 0.717) is 0 Å². The molecule has 1 heterocycles. The van der Waals surface area contributed by atoms with Crippen molar-refractivity contribution >= 4 is 37.9 Å². The van der Waals surface area contributed by atoms with Crippen molar-refractivity contribution in [3.8, 4) is 0 Å². The highest BCUT2D eigenvalue weighted by Crippen LogP contribution is 2.07. The standard InChI is InChI=1S/C9H9Br2N/c10-6-2-1-3-8-4-5-9(11)12-7-8/h1,3-5,7H,2,6H2. The normalized spacial score (nSPS) is 10.8. The van der Waals surface area contributed by atoms with E-state index in [1.54, 1.807) is 0 Å². The molecule has 1 nitrogen and oxygen atoms in total. The van der Waals surface area contributed by atoms with Crippen LogP contribution >= 0.6 is 31.9 Å². The van der Waals surface area contributed by atoms with Gasteiger partial charge >= 0.3 is 0 Å². The summed E-state index contributed by atoms with van der Waals surface area (Å²) in [6.07, 6.45) is 7.09. The molecule has 0 atom stereocenters. The van der Waals surface area contributed by atoms with Gasteiger partial charge in [0, 0.05) is 11.5 Å². The SMILES string of the molecule is BrCCC=Cc1ccc(Br)nc1. The van der Waals surface area contributed by atoms with Crippen LogP contribution in [0.5, 0.6) is 0 Å². The molecule has 0 aromatic carbocycles. The van der Waals surface area contributed by atoms with Crippen LogP contribution in [0.3, 0.4) is 0 Å². The van der Waals surface area contributed by atoms with Gasteiger partial charge in [0.1, 0.15) is 4.60 Å². The summed E-state index contributed by atoms with van der Waals surface area (Å²) in [5, 5.41) is 1.01. The summed E-state index contributed by atoms with van der Waals surface area (Å²) in [6.45, 7) is 0. The Morgan fingerprint density at radius 2 is 2.25 bits per heavy atom. The Kier molecular flexibility index (Phi) is 4.54. The third-order valence-electron chi connectivity index (χ3n) is 1.34. The van der Waals surface area contributed by atoms with Gasteiger partial charge in [-0.05, 0) is 34.0 Å². The fourth-order valence-electron chi connectivity index (χ4n) is 0.768. The number of allylic oxidation sites excluding steroid dienone is 1. The van der Waals surface area contributed by atoms with Crippen molar-refractivity contribution in [1.82, 2.24) is 4.98 Å². The number of nitrogens with zero attached hydrogens (tertiary/aromatic N) is 1. The second-order valence-corrected chi connectivity index (χ2v) is 3.90. The molecule has 1 rings (SSSR count). The summed E-state index contributed by atoms with van der Waals surface area (Å²) < 4.78 is 0.875. The third-order valence-corrected chi connectivity index (χ3v) is 2.26. The minimum absolute atomic E-state index is 0.875. The Morgan fingerprint density at radius 1 is 1.42 bits per heavy atom. The number of aromatic nitrogens is 1. The van der Waals surface area contributed by atoms with Crippen LogP contribution in [0.15, 0.2) is 29.0 Å². The first kappa shape index (κ1) is 9.93. The van der Waals surface area contributed by atoms with Crippen LogP contribution in [0, 0.1) is 0 Å². The van der Waals surface area contributed by atoms with Gasteiger partial charge in [0.25, 0.3) is 0 Å². The molecule has 12 heavy (non-hydrogen) atoms. The number of pyridine rings is 1. The second kappa shape index (κ2) is 5.49. The molecule has 0 spiro atoms. The molecule has 0 amide bonds. The molecule has 0 aliphatic heterocycles. The molecular formula is C9H9Br2N. The van der Waals surface area contributed by atoms with Gasteiger partial charge in [0.2, 0.25) is 0 Å². The minimum Gasteiger partial charge on any atom is -0.249 e. The molecule has 0 unspecified atom stereocenters. The zero-order chi connectivity index (χ0) is 8.81. The lowest BCUT2D eigenvalue weighted by molar-refractivity contribution is 1.25. The Bertz CT molecular complexity index is 254. The van der Waals surface area contributed by atoms with E-state index in [9.17, 15) is 0 Å². The molecule has 3 heteroatoms. The molecule has 0 aliphatic rings. The van der Waals surface area contributed by atoms with E-state index in [1.807, 2.05) is 18.3 Å². The average Bonchev–Trinajstić information content (AvgIpc) is 2.09.